The highest BCUT2D eigenvalue weighted by Crippen LogP contribution is 2.44. The van der Waals surface area contributed by atoms with Gasteiger partial charge in [-0.3, -0.25) is 19.5 Å². The van der Waals surface area contributed by atoms with Crippen LogP contribution in [0.4, 0.5) is 9.52 Å². The number of benzene rings is 2. The number of aliphatic hydroxyl groups excluding tert-OH is 1. The van der Waals surface area contributed by atoms with E-state index >= 15 is 0 Å². The highest BCUT2D eigenvalue weighted by atomic mass is 32.2. The largest absolute Gasteiger partial charge is 0.507 e. The number of Topliss-reactive ketones (excluding diaryl/α,β-unsaturated/α-hetero) is 1. The first kappa shape index (κ1) is 24.8. The van der Waals surface area contributed by atoms with Crippen LogP contribution in [-0.4, -0.2) is 32.0 Å². The molecule has 1 saturated heterocycles. The Morgan fingerprint density at radius 2 is 1.89 bits per heavy atom. The maximum absolute atomic E-state index is 13.3. The van der Waals surface area contributed by atoms with E-state index in [-0.39, 0.29) is 22.3 Å². The van der Waals surface area contributed by atoms with Gasteiger partial charge in [-0.15, -0.1) is 10.2 Å². The van der Waals surface area contributed by atoms with E-state index in [4.69, 9.17) is 0 Å². The number of carbonyl (C=O) groups is 2. The molecule has 0 saturated carbocycles. The zero-order valence-corrected chi connectivity index (χ0v) is 21.5. The van der Waals surface area contributed by atoms with E-state index in [0.717, 1.165) is 16.7 Å². The molecule has 0 radical (unpaired) electrons. The summed E-state index contributed by atoms with van der Waals surface area (Å²) >= 11 is 2.56. The van der Waals surface area contributed by atoms with Gasteiger partial charge >= 0.3 is 5.91 Å². The molecular formula is C27H21FN4O3S2. The molecule has 37 heavy (non-hydrogen) atoms. The van der Waals surface area contributed by atoms with Crippen LogP contribution in [0, 0.1) is 19.7 Å². The Balaban J connectivity index is 1.54. The summed E-state index contributed by atoms with van der Waals surface area (Å²) in [7, 11) is 0. The molecule has 0 aliphatic carbocycles. The molecule has 4 aromatic rings. The van der Waals surface area contributed by atoms with Gasteiger partial charge in [0.25, 0.3) is 5.78 Å². The molecule has 3 heterocycles. The van der Waals surface area contributed by atoms with Crippen LogP contribution in [0.3, 0.4) is 0 Å². The van der Waals surface area contributed by atoms with E-state index < -0.39 is 17.7 Å². The first-order valence-electron chi connectivity index (χ1n) is 11.3. The number of aliphatic hydroxyl groups is 1. The third-order valence-corrected chi connectivity index (χ3v) is 8.10. The highest BCUT2D eigenvalue weighted by molar-refractivity contribution is 8.00. The molecule has 1 aliphatic heterocycles. The highest BCUT2D eigenvalue weighted by Gasteiger charge is 2.48. The second-order valence-corrected chi connectivity index (χ2v) is 10.7. The van der Waals surface area contributed by atoms with Crippen LogP contribution in [-0.2, 0) is 15.3 Å². The Labute approximate surface area is 220 Å². The van der Waals surface area contributed by atoms with Gasteiger partial charge in [-0.2, -0.15) is 0 Å². The van der Waals surface area contributed by atoms with Crippen molar-refractivity contribution in [3.8, 4) is 0 Å². The minimum atomic E-state index is -0.920. The molecule has 1 unspecified atom stereocenters. The number of hydrogen-bond donors (Lipinski definition) is 1. The number of rotatable bonds is 6. The van der Waals surface area contributed by atoms with Gasteiger partial charge in [-0.05, 0) is 54.8 Å². The normalized spacial score (nSPS) is 16.9. The lowest BCUT2D eigenvalue weighted by molar-refractivity contribution is -0.132. The third kappa shape index (κ3) is 4.90. The van der Waals surface area contributed by atoms with E-state index in [9.17, 15) is 19.1 Å². The summed E-state index contributed by atoms with van der Waals surface area (Å²) in [6.45, 7) is 3.72. The smallest absolute Gasteiger partial charge is 0.301 e. The van der Waals surface area contributed by atoms with Gasteiger partial charge in [-0.1, -0.05) is 59.0 Å². The van der Waals surface area contributed by atoms with Crippen molar-refractivity contribution >= 4 is 45.7 Å². The molecular weight excluding hydrogens is 511 g/mol. The van der Waals surface area contributed by atoms with Crippen molar-refractivity contribution in [2.24, 2.45) is 0 Å². The fourth-order valence-corrected chi connectivity index (χ4v) is 5.93. The molecule has 2 aromatic heterocycles. The summed E-state index contributed by atoms with van der Waals surface area (Å²) in [6.07, 6.45) is 3.15. The fraction of sp³-hybridized carbons (Fsp3) is 0.148. The van der Waals surface area contributed by atoms with Crippen LogP contribution in [0.5, 0.6) is 0 Å². The lowest BCUT2D eigenvalue weighted by Gasteiger charge is -2.22. The van der Waals surface area contributed by atoms with Gasteiger partial charge in [0, 0.05) is 23.7 Å². The summed E-state index contributed by atoms with van der Waals surface area (Å²) in [5.74, 6) is -1.62. The number of pyridine rings is 1. The lowest BCUT2D eigenvalue weighted by atomic mass is 9.94. The Hall–Kier alpha value is -3.89. The summed E-state index contributed by atoms with van der Waals surface area (Å²) < 4.78 is 13.8. The first-order chi connectivity index (χ1) is 17.8. The van der Waals surface area contributed by atoms with E-state index in [1.165, 1.54) is 40.1 Å². The van der Waals surface area contributed by atoms with Crippen LogP contribution in [0.25, 0.3) is 5.76 Å². The molecule has 2 aromatic carbocycles. The molecule has 7 nitrogen and oxygen atoms in total. The molecule has 10 heteroatoms. The van der Waals surface area contributed by atoms with E-state index in [2.05, 4.69) is 15.2 Å². The van der Waals surface area contributed by atoms with Gasteiger partial charge in [0.1, 0.15) is 11.6 Å². The lowest BCUT2D eigenvalue weighted by Crippen LogP contribution is -2.29. The van der Waals surface area contributed by atoms with Crippen molar-refractivity contribution in [3.05, 3.63) is 106 Å². The standard InChI is InChI=1S/C27H21FN4O3S2/c1-15-5-6-16(2)20(12-15)23(33)21-22(18-4-3-11-29-13-18)32(25(35)24(21)34)26-30-31-27(37-26)36-14-17-7-9-19(28)10-8-17/h3-13,22,33H,14H2,1-2H3. The maximum Gasteiger partial charge on any atom is 0.301 e. The van der Waals surface area contributed by atoms with Crippen LogP contribution in [0.2, 0.25) is 0 Å². The number of amides is 1. The predicted octanol–water partition coefficient (Wildman–Crippen LogP) is 5.61. The van der Waals surface area contributed by atoms with Crippen LogP contribution in [0.1, 0.15) is 33.9 Å². The van der Waals surface area contributed by atoms with Crippen molar-refractivity contribution in [2.75, 3.05) is 4.90 Å². The van der Waals surface area contributed by atoms with Crippen molar-refractivity contribution in [1.29, 1.82) is 0 Å². The minimum Gasteiger partial charge on any atom is -0.507 e. The number of carbonyl (C=O) groups excluding carboxylic acids is 2. The Kier molecular flexibility index (Phi) is 6.86. The number of ketones is 1. The number of thioether (sulfide) groups is 1. The zero-order valence-electron chi connectivity index (χ0n) is 19.9. The Bertz CT molecular complexity index is 1520. The summed E-state index contributed by atoms with van der Waals surface area (Å²) in [6, 6.07) is 14.3. The van der Waals surface area contributed by atoms with Crippen LogP contribution < -0.4 is 4.90 Å². The van der Waals surface area contributed by atoms with Crippen molar-refractivity contribution in [1.82, 2.24) is 15.2 Å². The summed E-state index contributed by atoms with van der Waals surface area (Å²) in [4.78, 5) is 32.1. The minimum absolute atomic E-state index is 0.0255. The predicted molar refractivity (Wildman–Crippen MR) is 141 cm³/mol. The second-order valence-electron chi connectivity index (χ2n) is 8.54. The van der Waals surface area contributed by atoms with Crippen LogP contribution in [0.15, 0.2) is 76.9 Å². The molecule has 186 valence electrons. The van der Waals surface area contributed by atoms with E-state index in [1.54, 1.807) is 42.7 Å². The molecule has 1 amide bonds. The SMILES string of the molecule is Cc1ccc(C)c(C(O)=C2C(=O)C(=O)N(c3nnc(SCc4ccc(F)cc4)s3)C2c2cccnc2)c1. The number of anilines is 1. The van der Waals surface area contributed by atoms with Crippen LogP contribution >= 0.6 is 23.1 Å². The monoisotopic (exact) mass is 532 g/mol. The van der Waals surface area contributed by atoms with Crippen molar-refractivity contribution in [3.63, 3.8) is 0 Å². The molecule has 1 atom stereocenters. The number of hydrogen-bond acceptors (Lipinski definition) is 8. The topological polar surface area (TPSA) is 96.3 Å². The summed E-state index contributed by atoms with van der Waals surface area (Å²) in [5.41, 5.74) is 3.61. The van der Waals surface area contributed by atoms with E-state index in [0.29, 0.717) is 21.2 Å². The van der Waals surface area contributed by atoms with Gasteiger partial charge in [0.05, 0.1) is 11.6 Å². The van der Waals surface area contributed by atoms with Gasteiger partial charge < -0.3 is 5.11 Å². The Morgan fingerprint density at radius 1 is 1.11 bits per heavy atom. The van der Waals surface area contributed by atoms with Gasteiger partial charge in [0.15, 0.2) is 4.34 Å². The fourth-order valence-electron chi connectivity index (χ4n) is 4.10. The second kappa shape index (κ2) is 10.2. The average Bonchev–Trinajstić information content (AvgIpc) is 3.47. The van der Waals surface area contributed by atoms with E-state index in [1.807, 2.05) is 26.0 Å². The average molecular weight is 533 g/mol. The number of aryl methyl sites for hydroxylation is 2. The molecule has 1 aliphatic rings. The van der Waals surface area contributed by atoms with Gasteiger partial charge in [0.2, 0.25) is 5.13 Å². The Morgan fingerprint density at radius 3 is 2.62 bits per heavy atom. The quantitative estimate of drug-likeness (QED) is 0.113. The summed E-state index contributed by atoms with van der Waals surface area (Å²) in [5, 5.41) is 20.0. The molecule has 0 spiro atoms. The third-order valence-electron chi connectivity index (χ3n) is 5.97. The number of aromatic nitrogens is 3. The molecule has 0 bridgehead atoms. The van der Waals surface area contributed by atoms with Crippen molar-refractivity contribution in [2.45, 2.75) is 30.0 Å². The number of halogens is 1. The maximum atomic E-state index is 13.3. The molecule has 5 rings (SSSR count). The molecule has 1 fully saturated rings. The zero-order chi connectivity index (χ0) is 26.1. The van der Waals surface area contributed by atoms with Gasteiger partial charge in [-0.25, -0.2) is 4.39 Å². The molecule has 1 N–H and O–H groups in total. The van der Waals surface area contributed by atoms with Crippen molar-refractivity contribution < 1.29 is 19.1 Å². The first-order valence-corrected chi connectivity index (χ1v) is 13.1. The number of nitrogens with zero attached hydrogens (tertiary/aromatic N) is 4.